The van der Waals surface area contributed by atoms with Crippen molar-refractivity contribution < 1.29 is 4.79 Å². The number of hydrogen-bond acceptors (Lipinski definition) is 2. The first kappa shape index (κ1) is 13.3. The molecule has 1 N–H and O–H groups in total. The van der Waals surface area contributed by atoms with Crippen molar-refractivity contribution in [3.05, 3.63) is 23.4 Å². The standard InChI is InChI=1S/C14H19ClN2O/c15-12-7-4-10-16-14(12)17-13(18)9-8-11-5-2-1-3-6-11/h4,7,10-11H,1-3,5-6,8-9H2,(H,16,17,18). The average molecular weight is 267 g/mol. The summed E-state index contributed by atoms with van der Waals surface area (Å²) in [7, 11) is 0. The van der Waals surface area contributed by atoms with Crippen molar-refractivity contribution in [2.24, 2.45) is 5.92 Å². The predicted octanol–water partition coefficient (Wildman–Crippen LogP) is 4.03. The number of carbonyl (C=O) groups excluding carboxylic acids is 1. The molecule has 1 aromatic heterocycles. The molecule has 0 atom stereocenters. The molecule has 0 aromatic carbocycles. The quantitative estimate of drug-likeness (QED) is 0.894. The molecule has 1 aromatic rings. The van der Waals surface area contributed by atoms with E-state index in [0.29, 0.717) is 17.3 Å². The van der Waals surface area contributed by atoms with Gasteiger partial charge in [0.2, 0.25) is 5.91 Å². The van der Waals surface area contributed by atoms with E-state index >= 15 is 0 Å². The van der Waals surface area contributed by atoms with Crippen LogP contribution in [0.2, 0.25) is 5.02 Å². The Labute approximate surface area is 113 Å². The monoisotopic (exact) mass is 266 g/mol. The van der Waals surface area contributed by atoms with Gasteiger partial charge in [-0.2, -0.15) is 0 Å². The smallest absolute Gasteiger partial charge is 0.225 e. The van der Waals surface area contributed by atoms with Crippen molar-refractivity contribution in [2.75, 3.05) is 5.32 Å². The lowest BCUT2D eigenvalue weighted by atomic mass is 9.86. The Morgan fingerprint density at radius 1 is 1.39 bits per heavy atom. The zero-order chi connectivity index (χ0) is 12.8. The molecule has 18 heavy (non-hydrogen) atoms. The van der Waals surface area contributed by atoms with E-state index in [9.17, 15) is 4.79 Å². The number of carbonyl (C=O) groups is 1. The third kappa shape index (κ3) is 3.98. The number of pyridine rings is 1. The third-order valence-electron chi connectivity index (χ3n) is 3.52. The Bertz CT molecular complexity index is 403. The van der Waals surface area contributed by atoms with E-state index in [4.69, 9.17) is 11.6 Å². The summed E-state index contributed by atoms with van der Waals surface area (Å²) >= 11 is 5.94. The molecule has 98 valence electrons. The molecule has 1 aliphatic carbocycles. The van der Waals surface area contributed by atoms with Crippen LogP contribution >= 0.6 is 11.6 Å². The molecule has 3 nitrogen and oxygen atoms in total. The normalized spacial score (nSPS) is 16.5. The molecule has 2 rings (SSSR count). The number of aromatic nitrogens is 1. The van der Waals surface area contributed by atoms with Gasteiger partial charge in [0, 0.05) is 12.6 Å². The number of nitrogens with one attached hydrogen (secondary N) is 1. The van der Waals surface area contributed by atoms with Gasteiger partial charge >= 0.3 is 0 Å². The van der Waals surface area contributed by atoms with E-state index in [1.807, 2.05) is 0 Å². The summed E-state index contributed by atoms with van der Waals surface area (Å²) in [6.45, 7) is 0. The van der Waals surface area contributed by atoms with Crippen LogP contribution in [-0.4, -0.2) is 10.9 Å². The van der Waals surface area contributed by atoms with Crippen molar-refractivity contribution in [1.29, 1.82) is 0 Å². The SMILES string of the molecule is O=C(CCC1CCCCC1)Nc1ncccc1Cl. The summed E-state index contributed by atoms with van der Waals surface area (Å²) in [5.74, 6) is 1.21. The second kappa shape index (κ2) is 6.74. The van der Waals surface area contributed by atoms with Crippen molar-refractivity contribution in [3.63, 3.8) is 0 Å². The highest BCUT2D eigenvalue weighted by molar-refractivity contribution is 6.33. The minimum atomic E-state index is 0.0150. The van der Waals surface area contributed by atoms with Crippen LogP contribution in [0.1, 0.15) is 44.9 Å². The van der Waals surface area contributed by atoms with Gasteiger partial charge in [0.05, 0.1) is 5.02 Å². The van der Waals surface area contributed by atoms with Gasteiger partial charge in [-0.25, -0.2) is 4.98 Å². The second-order valence-electron chi connectivity index (χ2n) is 4.92. The van der Waals surface area contributed by atoms with Crippen molar-refractivity contribution >= 4 is 23.3 Å². The molecular weight excluding hydrogens is 248 g/mol. The molecule has 0 aliphatic heterocycles. The van der Waals surface area contributed by atoms with Crippen molar-refractivity contribution in [2.45, 2.75) is 44.9 Å². The van der Waals surface area contributed by atoms with Gasteiger partial charge < -0.3 is 5.32 Å². The maximum atomic E-state index is 11.8. The molecule has 1 amide bonds. The highest BCUT2D eigenvalue weighted by atomic mass is 35.5. The van der Waals surface area contributed by atoms with Gasteiger partial charge in [-0.1, -0.05) is 43.7 Å². The molecule has 0 bridgehead atoms. The van der Waals surface area contributed by atoms with Crippen LogP contribution in [0, 0.1) is 5.92 Å². The van der Waals surface area contributed by atoms with Crippen LogP contribution in [0.5, 0.6) is 0 Å². The molecule has 0 saturated heterocycles. The lowest BCUT2D eigenvalue weighted by molar-refractivity contribution is -0.116. The number of amides is 1. The van der Waals surface area contributed by atoms with Crippen molar-refractivity contribution in [3.8, 4) is 0 Å². The minimum absolute atomic E-state index is 0.0150. The van der Waals surface area contributed by atoms with Crippen LogP contribution in [0.15, 0.2) is 18.3 Å². The molecule has 1 aliphatic rings. The highest BCUT2D eigenvalue weighted by Crippen LogP contribution is 2.27. The summed E-state index contributed by atoms with van der Waals surface area (Å²) in [5.41, 5.74) is 0. The largest absolute Gasteiger partial charge is 0.309 e. The first-order valence-electron chi connectivity index (χ1n) is 6.66. The van der Waals surface area contributed by atoms with Gasteiger partial charge in [0.25, 0.3) is 0 Å². The van der Waals surface area contributed by atoms with E-state index < -0.39 is 0 Å². The van der Waals surface area contributed by atoms with Crippen molar-refractivity contribution in [1.82, 2.24) is 4.98 Å². The average Bonchev–Trinajstić information content (AvgIpc) is 2.40. The zero-order valence-corrected chi connectivity index (χ0v) is 11.2. The van der Waals surface area contributed by atoms with E-state index in [1.165, 1.54) is 32.1 Å². The molecule has 0 unspecified atom stereocenters. The second-order valence-corrected chi connectivity index (χ2v) is 5.33. The highest BCUT2D eigenvalue weighted by Gasteiger charge is 2.15. The van der Waals surface area contributed by atoms with Gasteiger partial charge in [0.15, 0.2) is 5.82 Å². The lowest BCUT2D eigenvalue weighted by Gasteiger charge is -2.20. The molecule has 1 fully saturated rings. The van der Waals surface area contributed by atoms with Gasteiger partial charge in [-0.15, -0.1) is 0 Å². The lowest BCUT2D eigenvalue weighted by Crippen LogP contribution is -2.15. The molecular formula is C14H19ClN2O. The Balaban J connectivity index is 1.76. The first-order chi connectivity index (χ1) is 8.75. The van der Waals surface area contributed by atoms with E-state index in [1.54, 1.807) is 18.3 Å². The summed E-state index contributed by atoms with van der Waals surface area (Å²) in [5, 5.41) is 3.26. The fourth-order valence-electron chi connectivity index (χ4n) is 2.48. The number of halogens is 1. The Morgan fingerprint density at radius 2 is 2.17 bits per heavy atom. The topological polar surface area (TPSA) is 42.0 Å². The summed E-state index contributed by atoms with van der Waals surface area (Å²) in [4.78, 5) is 15.8. The summed E-state index contributed by atoms with van der Waals surface area (Å²) < 4.78 is 0. The Morgan fingerprint density at radius 3 is 2.89 bits per heavy atom. The third-order valence-corrected chi connectivity index (χ3v) is 3.83. The first-order valence-corrected chi connectivity index (χ1v) is 7.04. The number of hydrogen-bond donors (Lipinski definition) is 1. The predicted molar refractivity (Wildman–Crippen MR) is 73.7 cm³/mol. The fraction of sp³-hybridized carbons (Fsp3) is 0.571. The van der Waals surface area contributed by atoms with E-state index in [0.717, 1.165) is 12.3 Å². The van der Waals surface area contributed by atoms with Gasteiger partial charge in [-0.05, 0) is 24.5 Å². The van der Waals surface area contributed by atoms with Crippen LogP contribution < -0.4 is 5.32 Å². The summed E-state index contributed by atoms with van der Waals surface area (Å²) in [6.07, 6.45) is 9.72. The maximum absolute atomic E-state index is 11.8. The van der Waals surface area contributed by atoms with Crippen LogP contribution in [0.4, 0.5) is 5.82 Å². The zero-order valence-electron chi connectivity index (χ0n) is 10.5. The number of anilines is 1. The summed E-state index contributed by atoms with van der Waals surface area (Å²) in [6, 6.07) is 3.48. The molecule has 0 spiro atoms. The Hall–Kier alpha value is -1.09. The van der Waals surface area contributed by atoms with Crippen LogP contribution in [0.3, 0.4) is 0 Å². The molecule has 0 radical (unpaired) electrons. The van der Waals surface area contributed by atoms with E-state index in [2.05, 4.69) is 10.3 Å². The minimum Gasteiger partial charge on any atom is -0.309 e. The number of rotatable bonds is 4. The molecule has 1 heterocycles. The van der Waals surface area contributed by atoms with Crippen LogP contribution in [-0.2, 0) is 4.79 Å². The van der Waals surface area contributed by atoms with E-state index in [-0.39, 0.29) is 5.91 Å². The van der Waals surface area contributed by atoms with Gasteiger partial charge in [0.1, 0.15) is 0 Å². The van der Waals surface area contributed by atoms with Crippen LogP contribution in [0.25, 0.3) is 0 Å². The Kier molecular flexibility index (Phi) is 5.00. The fourth-order valence-corrected chi connectivity index (χ4v) is 2.65. The van der Waals surface area contributed by atoms with Gasteiger partial charge in [-0.3, -0.25) is 4.79 Å². The molecule has 4 heteroatoms. The number of nitrogens with zero attached hydrogens (tertiary/aromatic N) is 1. The molecule has 1 saturated carbocycles. The maximum Gasteiger partial charge on any atom is 0.225 e.